The van der Waals surface area contributed by atoms with Gasteiger partial charge in [0.05, 0.1) is 0 Å². The molecule has 0 aliphatic rings. The zero-order valence-corrected chi connectivity index (χ0v) is 11.6. The summed E-state index contributed by atoms with van der Waals surface area (Å²) in [6, 6.07) is 2.20. The number of thiophene rings is 1. The van der Waals surface area contributed by atoms with E-state index in [1.165, 1.54) is 5.56 Å². The smallest absolute Gasteiger partial charge is 0.221 e. The predicted octanol–water partition coefficient (Wildman–Crippen LogP) is 2.17. The number of amides is 1. The highest BCUT2D eigenvalue weighted by Gasteiger charge is 2.14. The topological polar surface area (TPSA) is 55.1 Å². The molecular weight excluding hydrogens is 232 g/mol. The molecule has 0 spiro atoms. The number of nitrogens with one attached hydrogen (secondary N) is 1. The first-order valence-electron chi connectivity index (χ1n) is 6.05. The lowest BCUT2D eigenvalue weighted by Gasteiger charge is -2.18. The molecule has 2 atom stereocenters. The molecule has 0 saturated carbocycles. The van der Waals surface area contributed by atoms with Gasteiger partial charge in [0, 0.05) is 18.5 Å². The summed E-state index contributed by atoms with van der Waals surface area (Å²) in [7, 11) is 0. The van der Waals surface area contributed by atoms with Crippen LogP contribution < -0.4 is 11.1 Å². The molecule has 1 aromatic rings. The Morgan fingerprint density at radius 1 is 1.47 bits per heavy atom. The minimum absolute atomic E-state index is 0.0499. The molecule has 2 unspecified atom stereocenters. The molecule has 0 radical (unpaired) electrons. The van der Waals surface area contributed by atoms with Crippen LogP contribution in [0, 0.1) is 5.92 Å². The molecule has 3 nitrogen and oxygen atoms in total. The first-order valence-corrected chi connectivity index (χ1v) is 6.99. The van der Waals surface area contributed by atoms with Crippen LogP contribution in [-0.2, 0) is 11.2 Å². The highest BCUT2D eigenvalue weighted by atomic mass is 32.1. The summed E-state index contributed by atoms with van der Waals surface area (Å²) in [6.45, 7) is 6.09. The summed E-state index contributed by atoms with van der Waals surface area (Å²) in [6.07, 6.45) is 1.29. The summed E-state index contributed by atoms with van der Waals surface area (Å²) in [5.41, 5.74) is 7.14. The summed E-state index contributed by atoms with van der Waals surface area (Å²) in [5.74, 6) is 0.391. The van der Waals surface area contributed by atoms with Crippen LogP contribution in [0.4, 0.5) is 0 Å². The van der Waals surface area contributed by atoms with E-state index in [0.717, 1.165) is 6.42 Å². The Hall–Kier alpha value is -0.870. The van der Waals surface area contributed by atoms with Crippen molar-refractivity contribution >= 4 is 17.2 Å². The van der Waals surface area contributed by atoms with Crippen LogP contribution in [0.2, 0.25) is 0 Å². The van der Waals surface area contributed by atoms with Gasteiger partial charge in [0.25, 0.3) is 0 Å². The fraction of sp³-hybridized carbons (Fsp3) is 0.615. The third kappa shape index (κ3) is 5.33. The third-order valence-corrected chi connectivity index (χ3v) is 3.54. The second-order valence-corrected chi connectivity index (χ2v) is 5.70. The van der Waals surface area contributed by atoms with E-state index in [1.807, 2.05) is 20.8 Å². The van der Waals surface area contributed by atoms with Crippen molar-refractivity contribution in [1.82, 2.24) is 5.32 Å². The van der Waals surface area contributed by atoms with Gasteiger partial charge in [-0.05, 0) is 41.7 Å². The van der Waals surface area contributed by atoms with E-state index < -0.39 is 0 Å². The van der Waals surface area contributed by atoms with Crippen LogP contribution in [0.25, 0.3) is 0 Å². The Kier molecular flexibility index (Phi) is 5.65. The molecule has 0 fully saturated rings. The van der Waals surface area contributed by atoms with Gasteiger partial charge in [-0.2, -0.15) is 11.3 Å². The second kappa shape index (κ2) is 6.77. The SMILES string of the molecule is CC(Cc1ccsc1)NC(=O)CC(N)C(C)C. The zero-order chi connectivity index (χ0) is 12.8. The van der Waals surface area contributed by atoms with E-state index in [4.69, 9.17) is 5.73 Å². The van der Waals surface area contributed by atoms with Crippen LogP contribution in [0.3, 0.4) is 0 Å². The molecule has 1 aromatic heterocycles. The maximum Gasteiger partial charge on any atom is 0.221 e. The quantitative estimate of drug-likeness (QED) is 0.817. The van der Waals surface area contributed by atoms with Gasteiger partial charge in [0.1, 0.15) is 0 Å². The number of hydrogen-bond donors (Lipinski definition) is 2. The summed E-state index contributed by atoms with van der Waals surface area (Å²) >= 11 is 1.68. The molecule has 0 aromatic carbocycles. The van der Waals surface area contributed by atoms with Crippen LogP contribution in [0.1, 0.15) is 32.8 Å². The number of nitrogens with two attached hydrogens (primary N) is 1. The molecular formula is C13H22N2OS. The minimum Gasteiger partial charge on any atom is -0.353 e. The van der Waals surface area contributed by atoms with Gasteiger partial charge >= 0.3 is 0 Å². The van der Waals surface area contributed by atoms with E-state index in [1.54, 1.807) is 11.3 Å². The van der Waals surface area contributed by atoms with E-state index in [9.17, 15) is 4.79 Å². The molecule has 17 heavy (non-hydrogen) atoms. The van der Waals surface area contributed by atoms with Crippen molar-refractivity contribution in [3.8, 4) is 0 Å². The van der Waals surface area contributed by atoms with Crippen molar-refractivity contribution < 1.29 is 4.79 Å². The molecule has 0 saturated heterocycles. The molecule has 0 aliphatic heterocycles. The van der Waals surface area contributed by atoms with Crippen molar-refractivity contribution in [2.24, 2.45) is 11.7 Å². The third-order valence-electron chi connectivity index (χ3n) is 2.81. The number of rotatable bonds is 6. The molecule has 1 amide bonds. The summed E-state index contributed by atoms with van der Waals surface area (Å²) < 4.78 is 0. The van der Waals surface area contributed by atoms with E-state index >= 15 is 0 Å². The monoisotopic (exact) mass is 254 g/mol. The first-order chi connectivity index (χ1) is 7.99. The predicted molar refractivity (Wildman–Crippen MR) is 73.1 cm³/mol. The Morgan fingerprint density at radius 3 is 2.71 bits per heavy atom. The van der Waals surface area contributed by atoms with Crippen LogP contribution in [0.5, 0.6) is 0 Å². The Bertz CT molecular complexity index is 335. The fourth-order valence-electron chi connectivity index (χ4n) is 1.60. The van der Waals surface area contributed by atoms with Gasteiger partial charge in [0.15, 0.2) is 0 Å². The largest absolute Gasteiger partial charge is 0.353 e. The van der Waals surface area contributed by atoms with Crippen molar-refractivity contribution in [1.29, 1.82) is 0 Å². The number of carbonyl (C=O) groups is 1. The van der Waals surface area contributed by atoms with Gasteiger partial charge < -0.3 is 11.1 Å². The first kappa shape index (κ1) is 14.2. The van der Waals surface area contributed by atoms with Crippen molar-refractivity contribution in [2.45, 2.75) is 45.7 Å². The number of carbonyl (C=O) groups excluding carboxylic acids is 1. The summed E-state index contributed by atoms with van der Waals surface area (Å²) in [5, 5.41) is 7.16. The van der Waals surface area contributed by atoms with E-state index in [-0.39, 0.29) is 18.0 Å². The van der Waals surface area contributed by atoms with Gasteiger partial charge in [-0.3, -0.25) is 4.79 Å². The van der Waals surface area contributed by atoms with Crippen LogP contribution in [0.15, 0.2) is 16.8 Å². The molecule has 1 rings (SSSR count). The fourth-order valence-corrected chi connectivity index (χ4v) is 2.28. The van der Waals surface area contributed by atoms with Crippen molar-refractivity contribution in [3.05, 3.63) is 22.4 Å². The minimum atomic E-state index is -0.0525. The van der Waals surface area contributed by atoms with Crippen molar-refractivity contribution in [3.63, 3.8) is 0 Å². The second-order valence-electron chi connectivity index (χ2n) is 4.92. The lowest BCUT2D eigenvalue weighted by atomic mass is 10.0. The van der Waals surface area contributed by atoms with Gasteiger partial charge in [0.2, 0.25) is 5.91 Å². The zero-order valence-electron chi connectivity index (χ0n) is 10.8. The molecule has 96 valence electrons. The lowest BCUT2D eigenvalue weighted by Crippen LogP contribution is -2.39. The average Bonchev–Trinajstić information content (AvgIpc) is 2.69. The molecule has 3 N–H and O–H groups in total. The average molecular weight is 254 g/mol. The van der Waals surface area contributed by atoms with E-state index in [0.29, 0.717) is 12.3 Å². The summed E-state index contributed by atoms with van der Waals surface area (Å²) in [4.78, 5) is 11.7. The molecule has 4 heteroatoms. The maximum absolute atomic E-state index is 11.7. The van der Waals surface area contributed by atoms with E-state index in [2.05, 4.69) is 22.1 Å². The van der Waals surface area contributed by atoms with Gasteiger partial charge in [-0.1, -0.05) is 13.8 Å². The highest BCUT2D eigenvalue weighted by Crippen LogP contribution is 2.09. The molecule has 1 heterocycles. The van der Waals surface area contributed by atoms with Crippen LogP contribution in [-0.4, -0.2) is 18.0 Å². The normalized spacial score (nSPS) is 14.6. The van der Waals surface area contributed by atoms with Crippen LogP contribution >= 0.6 is 11.3 Å². The highest BCUT2D eigenvalue weighted by molar-refractivity contribution is 7.07. The van der Waals surface area contributed by atoms with Crippen molar-refractivity contribution in [2.75, 3.05) is 0 Å². The molecule has 0 bridgehead atoms. The maximum atomic E-state index is 11.7. The standard InChI is InChI=1S/C13H22N2OS/c1-9(2)12(14)7-13(16)15-10(3)6-11-4-5-17-8-11/h4-5,8-10,12H,6-7,14H2,1-3H3,(H,15,16). The lowest BCUT2D eigenvalue weighted by molar-refractivity contribution is -0.122. The Morgan fingerprint density at radius 2 is 2.18 bits per heavy atom. The van der Waals surface area contributed by atoms with Gasteiger partial charge in [-0.15, -0.1) is 0 Å². The Balaban J connectivity index is 2.31. The van der Waals surface area contributed by atoms with Gasteiger partial charge in [-0.25, -0.2) is 0 Å². The number of hydrogen-bond acceptors (Lipinski definition) is 3. The Labute approximate surface area is 107 Å². The molecule has 0 aliphatic carbocycles.